The lowest BCUT2D eigenvalue weighted by molar-refractivity contribution is 0.102. The number of carbonyl (C=O) groups is 1. The second-order valence-electron chi connectivity index (χ2n) is 4.09. The highest BCUT2D eigenvalue weighted by Gasteiger charge is 2.11. The van der Waals surface area contributed by atoms with Crippen molar-refractivity contribution in [3.63, 3.8) is 0 Å². The number of hydrogen-bond donors (Lipinski definition) is 1. The van der Waals surface area contributed by atoms with Crippen molar-refractivity contribution in [3.8, 4) is 0 Å². The molecule has 0 aliphatic carbocycles. The maximum Gasteiger partial charge on any atom is 0.255 e. The van der Waals surface area contributed by atoms with Gasteiger partial charge in [0.05, 0.1) is 5.69 Å². The van der Waals surface area contributed by atoms with Crippen LogP contribution in [0.4, 0.5) is 5.69 Å². The van der Waals surface area contributed by atoms with Gasteiger partial charge < -0.3 is 5.32 Å². The first-order chi connectivity index (χ1) is 9.63. The predicted octanol–water partition coefficient (Wildman–Crippen LogP) is 3.35. The molecule has 1 amide bonds. The Labute approximate surface area is 136 Å². The molecule has 0 atom stereocenters. The van der Waals surface area contributed by atoms with Gasteiger partial charge in [-0.1, -0.05) is 0 Å². The minimum atomic E-state index is -0.176. The maximum atomic E-state index is 12.2. The van der Waals surface area contributed by atoms with E-state index in [0.29, 0.717) is 16.9 Å². The first kappa shape index (κ1) is 13.5. The molecule has 0 saturated carbocycles. The van der Waals surface area contributed by atoms with Crippen LogP contribution in [-0.4, -0.2) is 20.5 Å². The summed E-state index contributed by atoms with van der Waals surface area (Å²) in [6, 6.07) is 9.16. The summed E-state index contributed by atoms with van der Waals surface area (Å²) >= 11 is 5.59. The number of hydrogen-bond acceptors (Lipinski definition) is 3. The van der Waals surface area contributed by atoms with Gasteiger partial charge >= 0.3 is 0 Å². The molecule has 2 aromatic heterocycles. The molecule has 0 aliphatic heterocycles. The zero-order valence-electron chi connectivity index (χ0n) is 10.0. The number of aromatic nitrogens is 3. The van der Waals surface area contributed by atoms with Crippen LogP contribution >= 0.6 is 38.5 Å². The van der Waals surface area contributed by atoms with E-state index in [4.69, 9.17) is 0 Å². The highest BCUT2D eigenvalue weighted by atomic mass is 127. The van der Waals surface area contributed by atoms with E-state index >= 15 is 0 Å². The molecule has 20 heavy (non-hydrogen) atoms. The predicted molar refractivity (Wildman–Crippen MR) is 87.8 cm³/mol. The number of carbonyl (C=O) groups excluding carboxylic acids is 1. The SMILES string of the molecule is O=C(Nc1cc(Br)cn2cnnc12)c1ccc(I)cc1. The molecule has 0 aliphatic rings. The van der Waals surface area contributed by atoms with Crippen LogP contribution in [-0.2, 0) is 0 Å². The highest BCUT2D eigenvalue weighted by molar-refractivity contribution is 14.1. The molecule has 0 unspecified atom stereocenters. The summed E-state index contributed by atoms with van der Waals surface area (Å²) in [7, 11) is 0. The Hall–Kier alpha value is -1.48. The van der Waals surface area contributed by atoms with Gasteiger partial charge in [-0.2, -0.15) is 0 Å². The number of nitrogens with one attached hydrogen (secondary N) is 1. The molecule has 0 bridgehead atoms. The minimum Gasteiger partial charge on any atom is -0.319 e. The third-order valence-corrected chi connectivity index (χ3v) is 3.87. The fourth-order valence-corrected chi connectivity index (χ4v) is 2.60. The summed E-state index contributed by atoms with van der Waals surface area (Å²) in [6.07, 6.45) is 3.41. The molecule has 0 fully saturated rings. The number of amides is 1. The molecule has 3 aromatic rings. The maximum absolute atomic E-state index is 12.2. The van der Waals surface area contributed by atoms with Crippen LogP contribution in [0, 0.1) is 3.57 Å². The number of pyridine rings is 1. The summed E-state index contributed by atoms with van der Waals surface area (Å²) < 4.78 is 3.66. The summed E-state index contributed by atoms with van der Waals surface area (Å²) in [5.41, 5.74) is 1.82. The van der Waals surface area contributed by atoms with Crippen molar-refractivity contribution < 1.29 is 4.79 Å². The molecule has 1 aromatic carbocycles. The summed E-state index contributed by atoms with van der Waals surface area (Å²) in [5.74, 6) is -0.176. The normalized spacial score (nSPS) is 10.7. The standard InChI is InChI=1S/C13H8BrIN4O/c14-9-5-11(12-18-16-7-19(12)6-9)17-13(20)8-1-3-10(15)4-2-8/h1-7H,(H,17,20). The molecule has 0 spiro atoms. The van der Waals surface area contributed by atoms with Gasteiger partial charge in [0.1, 0.15) is 6.33 Å². The lowest BCUT2D eigenvalue weighted by atomic mass is 10.2. The third-order valence-electron chi connectivity index (χ3n) is 2.71. The van der Waals surface area contributed by atoms with E-state index in [0.717, 1.165) is 8.04 Å². The fraction of sp³-hybridized carbons (Fsp3) is 0. The summed E-state index contributed by atoms with van der Waals surface area (Å²) in [6.45, 7) is 0. The van der Waals surface area contributed by atoms with E-state index in [9.17, 15) is 4.79 Å². The van der Waals surface area contributed by atoms with Crippen LogP contribution in [0.2, 0.25) is 0 Å². The van der Waals surface area contributed by atoms with Crippen LogP contribution in [0.25, 0.3) is 5.65 Å². The summed E-state index contributed by atoms with van der Waals surface area (Å²) in [5, 5.41) is 10.7. The van der Waals surface area contributed by atoms with Gasteiger partial charge in [0.25, 0.3) is 5.91 Å². The first-order valence-corrected chi connectivity index (χ1v) is 7.56. The molecule has 0 saturated heterocycles. The zero-order chi connectivity index (χ0) is 14.1. The molecule has 0 radical (unpaired) electrons. The highest BCUT2D eigenvalue weighted by Crippen LogP contribution is 2.21. The molecule has 5 nitrogen and oxygen atoms in total. The molecule has 3 rings (SSSR count). The average molecular weight is 443 g/mol. The first-order valence-electron chi connectivity index (χ1n) is 5.69. The lowest BCUT2D eigenvalue weighted by Gasteiger charge is -2.07. The minimum absolute atomic E-state index is 0.176. The third kappa shape index (κ3) is 2.68. The Morgan fingerprint density at radius 3 is 2.80 bits per heavy atom. The fourth-order valence-electron chi connectivity index (χ4n) is 1.79. The van der Waals surface area contributed by atoms with Crippen LogP contribution < -0.4 is 5.32 Å². The van der Waals surface area contributed by atoms with Crippen LogP contribution in [0.15, 0.2) is 47.3 Å². The van der Waals surface area contributed by atoms with Crippen molar-refractivity contribution in [1.82, 2.24) is 14.6 Å². The largest absolute Gasteiger partial charge is 0.319 e. The van der Waals surface area contributed by atoms with Crippen molar-refractivity contribution in [3.05, 3.63) is 56.5 Å². The van der Waals surface area contributed by atoms with E-state index < -0.39 is 0 Å². The van der Waals surface area contributed by atoms with Gasteiger partial charge in [-0.25, -0.2) is 0 Å². The van der Waals surface area contributed by atoms with Crippen molar-refractivity contribution in [2.75, 3.05) is 5.32 Å². The molecular formula is C13H8BrIN4O. The monoisotopic (exact) mass is 442 g/mol. The van der Waals surface area contributed by atoms with Gasteiger partial charge in [0, 0.05) is 19.8 Å². The molecule has 1 N–H and O–H groups in total. The van der Waals surface area contributed by atoms with Gasteiger partial charge in [0.15, 0.2) is 5.65 Å². The second kappa shape index (κ2) is 5.49. The number of fused-ring (bicyclic) bond motifs is 1. The lowest BCUT2D eigenvalue weighted by Crippen LogP contribution is -2.12. The van der Waals surface area contributed by atoms with Gasteiger partial charge in [0.2, 0.25) is 0 Å². The number of benzene rings is 1. The number of rotatable bonds is 2. The Morgan fingerprint density at radius 2 is 2.05 bits per heavy atom. The Kier molecular flexibility index (Phi) is 3.70. The van der Waals surface area contributed by atoms with Gasteiger partial charge in [-0.15, -0.1) is 10.2 Å². The topological polar surface area (TPSA) is 59.3 Å². The van der Waals surface area contributed by atoms with Crippen molar-refractivity contribution >= 4 is 55.8 Å². The van der Waals surface area contributed by atoms with Crippen molar-refractivity contribution in [2.45, 2.75) is 0 Å². The smallest absolute Gasteiger partial charge is 0.255 e. The van der Waals surface area contributed by atoms with E-state index in [1.807, 2.05) is 18.3 Å². The Balaban J connectivity index is 1.94. The van der Waals surface area contributed by atoms with Crippen LogP contribution in [0.1, 0.15) is 10.4 Å². The van der Waals surface area contributed by atoms with E-state index in [-0.39, 0.29) is 5.91 Å². The molecule has 100 valence electrons. The second-order valence-corrected chi connectivity index (χ2v) is 6.26. The summed E-state index contributed by atoms with van der Waals surface area (Å²) in [4.78, 5) is 12.2. The number of nitrogens with zero attached hydrogens (tertiary/aromatic N) is 3. The Bertz CT molecular complexity index is 785. The van der Waals surface area contributed by atoms with Crippen molar-refractivity contribution in [1.29, 1.82) is 0 Å². The van der Waals surface area contributed by atoms with E-state index in [1.165, 1.54) is 0 Å². The van der Waals surface area contributed by atoms with E-state index in [1.54, 1.807) is 28.9 Å². The molecule has 2 heterocycles. The average Bonchev–Trinajstić information content (AvgIpc) is 2.87. The molecule has 7 heteroatoms. The molecular weight excluding hydrogens is 435 g/mol. The van der Waals surface area contributed by atoms with Crippen LogP contribution in [0.3, 0.4) is 0 Å². The van der Waals surface area contributed by atoms with Gasteiger partial charge in [-0.3, -0.25) is 9.20 Å². The van der Waals surface area contributed by atoms with Gasteiger partial charge in [-0.05, 0) is 68.9 Å². The quantitative estimate of drug-likeness (QED) is 0.619. The number of anilines is 1. The van der Waals surface area contributed by atoms with Crippen LogP contribution in [0.5, 0.6) is 0 Å². The van der Waals surface area contributed by atoms with Crippen molar-refractivity contribution in [2.24, 2.45) is 0 Å². The zero-order valence-corrected chi connectivity index (χ0v) is 13.8. The number of halogens is 2. The van der Waals surface area contributed by atoms with E-state index in [2.05, 4.69) is 54.0 Å². The Morgan fingerprint density at radius 1 is 1.30 bits per heavy atom.